The van der Waals surface area contributed by atoms with Crippen LogP contribution in [0.15, 0.2) is 48.5 Å². The zero-order chi connectivity index (χ0) is 26.9. The van der Waals surface area contributed by atoms with Gasteiger partial charge in [0.15, 0.2) is 0 Å². The summed E-state index contributed by atoms with van der Waals surface area (Å²) in [6.45, 7) is 8.40. The number of hydrogen-bond donors (Lipinski definition) is 0. The van der Waals surface area contributed by atoms with Gasteiger partial charge in [-0.15, -0.1) is 0 Å². The van der Waals surface area contributed by atoms with Crippen LogP contribution in [0, 0.1) is 11.3 Å². The van der Waals surface area contributed by atoms with Crippen molar-refractivity contribution in [1.82, 2.24) is 14.8 Å². The van der Waals surface area contributed by atoms with Crippen LogP contribution in [0.25, 0.3) is 22.2 Å². The molecule has 3 aromatic rings. The number of morpholine rings is 1. The SMILES string of the molecule is CC(C)(C)OC(=O)N1CCCC1c1ccc(-c2cc(C(=O)N3CCOCC3)c3ccc(C#N)cc3n2)cc1. The molecule has 0 aliphatic carbocycles. The summed E-state index contributed by atoms with van der Waals surface area (Å²) in [5.74, 6) is -0.0674. The first-order valence-electron chi connectivity index (χ1n) is 13.1. The lowest BCUT2D eigenvalue weighted by atomic mass is 9.99. The smallest absolute Gasteiger partial charge is 0.410 e. The van der Waals surface area contributed by atoms with Crippen LogP contribution in [0.1, 0.15) is 61.1 Å². The number of rotatable bonds is 3. The van der Waals surface area contributed by atoms with Crippen molar-refractivity contribution >= 4 is 22.9 Å². The molecule has 5 rings (SSSR count). The molecule has 1 unspecified atom stereocenters. The van der Waals surface area contributed by atoms with E-state index < -0.39 is 5.60 Å². The van der Waals surface area contributed by atoms with Crippen LogP contribution in [0.5, 0.6) is 0 Å². The van der Waals surface area contributed by atoms with Gasteiger partial charge in [-0.25, -0.2) is 9.78 Å². The predicted molar refractivity (Wildman–Crippen MR) is 144 cm³/mol. The first-order valence-corrected chi connectivity index (χ1v) is 13.1. The lowest BCUT2D eigenvalue weighted by molar-refractivity contribution is 0.0224. The van der Waals surface area contributed by atoms with E-state index in [0.717, 1.165) is 29.4 Å². The van der Waals surface area contributed by atoms with Gasteiger partial charge in [-0.2, -0.15) is 5.26 Å². The number of pyridine rings is 1. The lowest BCUT2D eigenvalue weighted by Crippen LogP contribution is -2.40. The molecule has 0 N–H and O–H groups in total. The summed E-state index contributed by atoms with van der Waals surface area (Å²) in [5.41, 5.74) is 3.67. The predicted octanol–water partition coefficient (Wildman–Crippen LogP) is 5.32. The molecule has 2 amide bonds. The maximum atomic E-state index is 13.5. The molecule has 3 heterocycles. The molecule has 0 saturated carbocycles. The van der Waals surface area contributed by atoms with Crippen molar-refractivity contribution in [2.24, 2.45) is 0 Å². The number of benzene rings is 2. The van der Waals surface area contributed by atoms with Crippen LogP contribution < -0.4 is 0 Å². The number of hydrogen-bond acceptors (Lipinski definition) is 6. The Morgan fingerprint density at radius 3 is 2.47 bits per heavy atom. The number of likely N-dealkylation sites (tertiary alicyclic amines) is 1. The second-order valence-electron chi connectivity index (χ2n) is 10.8. The molecule has 8 nitrogen and oxygen atoms in total. The van der Waals surface area contributed by atoms with Crippen LogP contribution in [-0.2, 0) is 9.47 Å². The van der Waals surface area contributed by atoms with Gasteiger partial charge in [0.05, 0.1) is 47.7 Å². The van der Waals surface area contributed by atoms with Crippen LogP contribution in [-0.4, -0.2) is 65.2 Å². The molecule has 0 spiro atoms. The zero-order valence-electron chi connectivity index (χ0n) is 22.1. The van der Waals surface area contributed by atoms with Gasteiger partial charge in [0.25, 0.3) is 5.91 Å². The highest BCUT2D eigenvalue weighted by Gasteiger charge is 2.33. The molecule has 2 aromatic carbocycles. The molecule has 0 radical (unpaired) electrons. The van der Waals surface area contributed by atoms with Gasteiger partial charge >= 0.3 is 6.09 Å². The summed E-state index contributed by atoms with van der Waals surface area (Å²) < 4.78 is 11.0. The zero-order valence-corrected chi connectivity index (χ0v) is 22.1. The molecular weight excluding hydrogens is 480 g/mol. The Morgan fingerprint density at radius 2 is 1.79 bits per heavy atom. The third kappa shape index (κ3) is 5.34. The van der Waals surface area contributed by atoms with Crippen molar-refractivity contribution in [1.29, 1.82) is 5.26 Å². The first kappa shape index (κ1) is 25.7. The summed E-state index contributed by atoms with van der Waals surface area (Å²) in [4.78, 5) is 34.7. The number of carbonyl (C=O) groups is 2. The Hall–Kier alpha value is -3.96. The molecule has 2 saturated heterocycles. The fourth-order valence-electron chi connectivity index (χ4n) is 5.09. The van der Waals surface area contributed by atoms with Gasteiger partial charge in [0.1, 0.15) is 5.60 Å². The Labute approximate surface area is 222 Å². The molecule has 0 bridgehead atoms. The van der Waals surface area contributed by atoms with Crippen molar-refractivity contribution in [2.75, 3.05) is 32.8 Å². The number of nitriles is 1. The lowest BCUT2D eigenvalue weighted by Gasteiger charge is -2.29. The number of amides is 2. The molecular formula is C30H32N4O4. The van der Waals surface area contributed by atoms with Gasteiger partial charge in [-0.1, -0.05) is 30.3 Å². The van der Waals surface area contributed by atoms with E-state index in [-0.39, 0.29) is 18.0 Å². The largest absolute Gasteiger partial charge is 0.444 e. The monoisotopic (exact) mass is 512 g/mol. The van der Waals surface area contributed by atoms with Gasteiger partial charge < -0.3 is 19.3 Å². The molecule has 1 aromatic heterocycles. The number of aromatic nitrogens is 1. The summed E-state index contributed by atoms with van der Waals surface area (Å²) in [7, 11) is 0. The second kappa shape index (κ2) is 10.4. The average molecular weight is 513 g/mol. The molecule has 2 fully saturated rings. The Bertz CT molecular complexity index is 1400. The van der Waals surface area contributed by atoms with Gasteiger partial charge in [-0.05, 0) is 57.4 Å². The van der Waals surface area contributed by atoms with Crippen molar-refractivity contribution < 1.29 is 19.1 Å². The minimum atomic E-state index is -0.544. The summed E-state index contributed by atoms with van der Waals surface area (Å²) in [5, 5.41) is 10.1. The maximum absolute atomic E-state index is 13.5. The highest BCUT2D eigenvalue weighted by atomic mass is 16.6. The second-order valence-corrected chi connectivity index (χ2v) is 10.8. The highest BCUT2D eigenvalue weighted by Crippen LogP contribution is 2.35. The number of fused-ring (bicyclic) bond motifs is 1. The van der Waals surface area contributed by atoms with Gasteiger partial charge in [-0.3, -0.25) is 4.79 Å². The van der Waals surface area contributed by atoms with Crippen molar-refractivity contribution in [3.63, 3.8) is 0 Å². The fourth-order valence-corrected chi connectivity index (χ4v) is 5.09. The highest BCUT2D eigenvalue weighted by molar-refractivity contribution is 6.07. The third-order valence-corrected chi connectivity index (χ3v) is 6.94. The standard InChI is InChI=1S/C30H32N4O4/c1-30(2,3)38-29(36)34-12-4-5-27(34)22-9-7-21(8-10-22)25-18-24(28(35)33-13-15-37-16-14-33)23-11-6-20(19-31)17-26(23)32-25/h6-11,17-18,27H,4-5,12-16H2,1-3H3. The maximum Gasteiger partial charge on any atom is 0.410 e. The van der Waals surface area contributed by atoms with Gasteiger partial charge in [0.2, 0.25) is 0 Å². The van der Waals surface area contributed by atoms with E-state index in [4.69, 9.17) is 14.5 Å². The van der Waals surface area contributed by atoms with E-state index in [1.165, 1.54) is 0 Å². The van der Waals surface area contributed by atoms with Gasteiger partial charge in [0, 0.05) is 30.6 Å². The normalized spacial score (nSPS) is 17.9. The molecule has 196 valence electrons. The third-order valence-electron chi connectivity index (χ3n) is 6.94. The van der Waals surface area contributed by atoms with E-state index in [0.29, 0.717) is 55.2 Å². The molecule has 1 atom stereocenters. The number of carbonyl (C=O) groups excluding carboxylic acids is 2. The molecule has 38 heavy (non-hydrogen) atoms. The Morgan fingerprint density at radius 1 is 1.05 bits per heavy atom. The van der Waals surface area contributed by atoms with Crippen molar-refractivity contribution in [3.8, 4) is 17.3 Å². The summed E-state index contributed by atoms with van der Waals surface area (Å²) in [6, 6.07) is 17.2. The van der Waals surface area contributed by atoms with E-state index in [1.807, 2.05) is 51.1 Å². The van der Waals surface area contributed by atoms with Crippen LogP contribution in [0.3, 0.4) is 0 Å². The topological polar surface area (TPSA) is 95.8 Å². The molecule has 8 heteroatoms. The quantitative estimate of drug-likeness (QED) is 0.471. The number of nitrogens with zero attached hydrogens (tertiary/aromatic N) is 4. The van der Waals surface area contributed by atoms with E-state index >= 15 is 0 Å². The Kier molecular flexibility index (Phi) is 7.04. The van der Waals surface area contributed by atoms with Crippen LogP contribution >= 0.6 is 0 Å². The van der Waals surface area contributed by atoms with E-state index in [1.54, 1.807) is 28.0 Å². The Balaban J connectivity index is 1.48. The van der Waals surface area contributed by atoms with Crippen LogP contribution in [0.2, 0.25) is 0 Å². The fraction of sp³-hybridized carbons (Fsp3) is 0.400. The molecule has 2 aliphatic heterocycles. The molecule has 2 aliphatic rings. The first-order chi connectivity index (χ1) is 18.2. The van der Waals surface area contributed by atoms with Crippen LogP contribution in [0.4, 0.5) is 4.79 Å². The minimum absolute atomic E-state index is 0.0416. The van der Waals surface area contributed by atoms with E-state index in [9.17, 15) is 14.9 Å². The number of ether oxygens (including phenoxy) is 2. The summed E-state index contributed by atoms with van der Waals surface area (Å²) >= 11 is 0. The van der Waals surface area contributed by atoms with Crippen molar-refractivity contribution in [2.45, 2.75) is 45.3 Å². The summed E-state index contributed by atoms with van der Waals surface area (Å²) in [6.07, 6.45) is 1.51. The van der Waals surface area contributed by atoms with Crippen molar-refractivity contribution in [3.05, 3.63) is 65.2 Å². The minimum Gasteiger partial charge on any atom is -0.444 e. The van der Waals surface area contributed by atoms with E-state index in [2.05, 4.69) is 6.07 Å². The average Bonchev–Trinajstić information content (AvgIpc) is 3.42.